The van der Waals surface area contributed by atoms with Gasteiger partial charge in [0.1, 0.15) is 11.3 Å². The van der Waals surface area contributed by atoms with Gasteiger partial charge in [-0.1, -0.05) is 6.08 Å². The fraction of sp³-hybridized carbons (Fsp3) is 0.400. The number of nitrogens with two attached hydrogens (primary N) is 1. The molecule has 0 spiro atoms. The highest BCUT2D eigenvalue weighted by molar-refractivity contribution is 9.11. The lowest BCUT2D eigenvalue weighted by Gasteiger charge is -2.15. The molecular formula is C15H18Br2F2N2. The lowest BCUT2D eigenvalue weighted by Crippen LogP contribution is -2.14. The highest BCUT2D eigenvalue weighted by atomic mass is 79.9. The molecule has 2 nitrogen and oxygen atoms in total. The van der Waals surface area contributed by atoms with Crippen LogP contribution in [0.5, 0.6) is 0 Å². The quantitative estimate of drug-likeness (QED) is 0.483. The Balaban J connectivity index is 2.77. The van der Waals surface area contributed by atoms with Gasteiger partial charge in [-0.25, -0.2) is 13.8 Å². The number of nitrogens with zero attached hydrogens (tertiary/aromatic N) is 1. The standard InChI is InChI=1S/C15H18Br2F2N2/c1-10(19)7-11(8-18)3-2-4-12(9-20)15-13(16)5-6-14(17)21-15/h3,5-7,12H,2,4,8-9,20H2,1H3/b10-7+,11-3+. The molecule has 0 bridgehead atoms. The van der Waals surface area contributed by atoms with Gasteiger partial charge in [-0.3, -0.25) is 0 Å². The van der Waals surface area contributed by atoms with E-state index in [1.807, 2.05) is 12.1 Å². The number of hydrogen-bond acceptors (Lipinski definition) is 2. The van der Waals surface area contributed by atoms with E-state index in [4.69, 9.17) is 5.73 Å². The molecule has 0 aliphatic heterocycles. The van der Waals surface area contributed by atoms with Crippen LogP contribution < -0.4 is 5.73 Å². The maximum absolute atomic E-state index is 12.8. The Morgan fingerprint density at radius 1 is 1.43 bits per heavy atom. The summed E-state index contributed by atoms with van der Waals surface area (Å²) in [5.74, 6) is -0.338. The van der Waals surface area contributed by atoms with Gasteiger partial charge < -0.3 is 5.73 Å². The summed E-state index contributed by atoms with van der Waals surface area (Å²) >= 11 is 6.81. The average Bonchev–Trinajstić information content (AvgIpc) is 2.45. The van der Waals surface area contributed by atoms with Crippen molar-refractivity contribution in [3.8, 4) is 0 Å². The van der Waals surface area contributed by atoms with E-state index >= 15 is 0 Å². The van der Waals surface area contributed by atoms with E-state index in [-0.39, 0.29) is 5.92 Å². The molecule has 0 aliphatic carbocycles. The largest absolute Gasteiger partial charge is 0.330 e. The minimum Gasteiger partial charge on any atom is -0.330 e. The van der Waals surface area contributed by atoms with Crippen LogP contribution in [0.1, 0.15) is 31.4 Å². The first-order valence-corrected chi connectivity index (χ1v) is 8.17. The number of alkyl halides is 1. The summed E-state index contributed by atoms with van der Waals surface area (Å²) in [6.45, 7) is 1.07. The van der Waals surface area contributed by atoms with Crippen LogP contribution in [0.4, 0.5) is 8.78 Å². The highest BCUT2D eigenvalue weighted by Gasteiger charge is 2.14. The van der Waals surface area contributed by atoms with Gasteiger partial charge in [0.05, 0.1) is 11.5 Å². The lowest BCUT2D eigenvalue weighted by molar-refractivity contribution is 0.542. The predicted octanol–water partition coefficient (Wildman–Crippen LogP) is 5.20. The van der Waals surface area contributed by atoms with E-state index in [1.165, 1.54) is 13.0 Å². The van der Waals surface area contributed by atoms with Crippen LogP contribution in [-0.2, 0) is 0 Å². The zero-order chi connectivity index (χ0) is 15.8. The van der Waals surface area contributed by atoms with E-state index in [2.05, 4.69) is 36.8 Å². The smallest absolute Gasteiger partial charge is 0.114 e. The number of hydrogen-bond donors (Lipinski definition) is 1. The molecule has 0 aliphatic rings. The molecule has 2 N–H and O–H groups in total. The molecule has 0 radical (unpaired) electrons. The van der Waals surface area contributed by atoms with Gasteiger partial charge in [0.2, 0.25) is 0 Å². The van der Waals surface area contributed by atoms with Gasteiger partial charge in [-0.2, -0.15) is 0 Å². The first kappa shape index (κ1) is 18.5. The van der Waals surface area contributed by atoms with Crippen molar-refractivity contribution in [2.75, 3.05) is 13.2 Å². The minimum absolute atomic E-state index is 0.0597. The second-order valence-electron chi connectivity index (χ2n) is 4.65. The van der Waals surface area contributed by atoms with Crippen molar-refractivity contribution in [2.45, 2.75) is 25.7 Å². The topological polar surface area (TPSA) is 38.9 Å². The summed E-state index contributed by atoms with van der Waals surface area (Å²) in [7, 11) is 0. The van der Waals surface area contributed by atoms with E-state index < -0.39 is 12.5 Å². The Morgan fingerprint density at radius 3 is 2.71 bits per heavy atom. The molecule has 0 saturated heterocycles. The van der Waals surface area contributed by atoms with Crippen LogP contribution in [0.25, 0.3) is 0 Å². The van der Waals surface area contributed by atoms with Crippen LogP contribution in [0.3, 0.4) is 0 Å². The van der Waals surface area contributed by atoms with Crippen LogP contribution in [0.2, 0.25) is 0 Å². The number of aromatic nitrogens is 1. The van der Waals surface area contributed by atoms with Crippen LogP contribution in [0, 0.1) is 0 Å². The molecule has 1 atom stereocenters. The summed E-state index contributed by atoms with van der Waals surface area (Å²) in [6.07, 6.45) is 4.26. The summed E-state index contributed by atoms with van der Waals surface area (Å²) < 4.78 is 27.1. The molecule has 116 valence electrons. The molecule has 1 rings (SSSR count). The monoisotopic (exact) mass is 422 g/mol. The number of halogens is 4. The van der Waals surface area contributed by atoms with E-state index in [0.29, 0.717) is 18.5 Å². The molecule has 0 aromatic carbocycles. The van der Waals surface area contributed by atoms with Gasteiger partial charge in [0, 0.05) is 16.9 Å². The molecule has 0 saturated carbocycles. The average molecular weight is 424 g/mol. The second-order valence-corrected chi connectivity index (χ2v) is 6.32. The van der Waals surface area contributed by atoms with E-state index in [0.717, 1.165) is 21.2 Å². The molecule has 6 heteroatoms. The third-order valence-corrected chi connectivity index (χ3v) is 4.08. The van der Waals surface area contributed by atoms with Gasteiger partial charge in [-0.05, 0) is 75.4 Å². The molecule has 1 aromatic heterocycles. The summed E-state index contributed by atoms with van der Waals surface area (Å²) in [6, 6.07) is 3.75. The van der Waals surface area contributed by atoms with Crippen molar-refractivity contribution in [3.63, 3.8) is 0 Å². The van der Waals surface area contributed by atoms with Gasteiger partial charge in [-0.15, -0.1) is 0 Å². The summed E-state index contributed by atoms with van der Waals surface area (Å²) in [5.41, 5.74) is 7.04. The first-order valence-electron chi connectivity index (χ1n) is 6.58. The first-order chi connectivity index (χ1) is 9.97. The Hall–Kier alpha value is -0.590. The predicted molar refractivity (Wildman–Crippen MR) is 89.6 cm³/mol. The van der Waals surface area contributed by atoms with Gasteiger partial charge in [0.25, 0.3) is 0 Å². The highest BCUT2D eigenvalue weighted by Crippen LogP contribution is 2.28. The van der Waals surface area contributed by atoms with Crippen LogP contribution in [0.15, 0.2) is 44.8 Å². The van der Waals surface area contributed by atoms with E-state index in [1.54, 1.807) is 6.08 Å². The van der Waals surface area contributed by atoms with Crippen LogP contribution >= 0.6 is 31.9 Å². The number of pyridine rings is 1. The Bertz CT molecular complexity index is 526. The minimum atomic E-state index is -0.673. The zero-order valence-electron chi connectivity index (χ0n) is 11.8. The maximum atomic E-state index is 12.8. The van der Waals surface area contributed by atoms with Crippen molar-refractivity contribution in [1.82, 2.24) is 4.98 Å². The normalized spacial score (nSPS) is 14.4. The molecule has 1 heterocycles. The second kappa shape index (κ2) is 9.43. The maximum Gasteiger partial charge on any atom is 0.114 e. The lowest BCUT2D eigenvalue weighted by atomic mass is 9.98. The van der Waals surface area contributed by atoms with Gasteiger partial charge >= 0.3 is 0 Å². The summed E-state index contributed by atoms with van der Waals surface area (Å²) in [5, 5.41) is 0. The Labute approximate surface area is 140 Å². The third-order valence-electron chi connectivity index (χ3n) is 2.97. The molecule has 21 heavy (non-hydrogen) atoms. The van der Waals surface area contributed by atoms with Gasteiger partial charge in [0.15, 0.2) is 0 Å². The molecule has 1 unspecified atom stereocenters. The fourth-order valence-electron chi connectivity index (χ4n) is 1.96. The number of rotatable bonds is 7. The molecule has 1 aromatic rings. The number of allylic oxidation sites excluding steroid dienone is 4. The SMILES string of the molecule is C/C(F)=C\C(=C/CCC(CN)c1nc(Br)ccc1Br)CF. The fourth-order valence-corrected chi connectivity index (χ4v) is 2.83. The van der Waals surface area contributed by atoms with Crippen LogP contribution in [-0.4, -0.2) is 18.2 Å². The van der Waals surface area contributed by atoms with Crippen molar-refractivity contribution in [1.29, 1.82) is 0 Å². The Kier molecular flexibility index (Phi) is 8.29. The van der Waals surface area contributed by atoms with E-state index in [9.17, 15) is 8.78 Å². The van der Waals surface area contributed by atoms with Crippen molar-refractivity contribution >= 4 is 31.9 Å². The molecule has 0 amide bonds. The molecule has 0 fully saturated rings. The zero-order valence-corrected chi connectivity index (χ0v) is 14.9. The van der Waals surface area contributed by atoms with Crippen molar-refractivity contribution < 1.29 is 8.78 Å². The molecular weight excluding hydrogens is 406 g/mol. The third kappa shape index (κ3) is 6.36. The Morgan fingerprint density at radius 2 is 2.14 bits per heavy atom. The van der Waals surface area contributed by atoms with Crippen molar-refractivity contribution in [3.05, 3.63) is 50.5 Å². The summed E-state index contributed by atoms with van der Waals surface area (Å²) in [4.78, 5) is 4.43. The van der Waals surface area contributed by atoms with Crippen molar-refractivity contribution in [2.24, 2.45) is 5.73 Å².